The zero-order valence-electron chi connectivity index (χ0n) is 10.0. The minimum atomic E-state index is 0.698. The molecule has 2 rings (SSSR count). The van der Waals surface area contributed by atoms with Crippen molar-refractivity contribution in [2.45, 2.75) is 31.7 Å². The predicted octanol–water partition coefficient (Wildman–Crippen LogP) is 2.05. The molecule has 88 valence electrons. The van der Waals surface area contributed by atoms with Gasteiger partial charge in [-0.3, -0.25) is 4.98 Å². The van der Waals surface area contributed by atoms with Crippen LogP contribution in [0.25, 0.3) is 0 Å². The van der Waals surface area contributed by atoms with Crippen LogP contribution >= 0.6 is 0 Å². The summed E-state index contributed by atoms with van der Waals surface area (Å²) in [6.07, 6.45) is 9.02. The van der Waals surface area contributed by atoms with Gasteiger partial charge in [-0.1, -0.05) is 0 Å². The molecular formula is C13H21N3. The molecule has 0 aromatic carbocycles. The fourth-order valence-electron chi connectivity index (χ4n) is 2.49. The average molecular weight is 219 g/mol. The van der Waals surface area contributed by atoms with Crippen LogP contribution in [-0.2, 0) is 0 Å². The van der Waals surface area contributed by atoms with Gasteiger partial charge in [0.1, 0.15) is 0 Å². The molecule has 0 saturated carbocycles. The van der Waals surface area contributed by atoms with Gasteiger partial charge in [0.25, 0.3) is 0 Å². The summed E-state index contributed by atoms with van der Waals surface area (Å²) in [7, 11) is 2.03. The summed E-state index contributed by atoms with van der Waals surface area (Å²) >= 11 is 0. The van der Waals surface area contributed by atoms with Crippen LogP contribution in [0, 0.1) is 0 Å². The molecule has 3 nitrogen and oxygen atoms in total. The van der Waals surface area contributed by atoms with E-state index in [1.807, 2.05) is 19.4 Å². The van der Waals surface area contributed by atoms with Gasteiger partial charge in [0.2, 0.25) is 0 Å². The fraction of sp³-hybridized carbons (Fsp3) is 0.615. The Bertz CT molecular complexity index is 299. The lowest BCUT2D eigenvalue weighted by atomic mass is 9.98. The molecule has 1 fully saturated rings. The Kier molecular flexibility index (Phi) is 4.17. The average Bonchev–Trinajstić information content (AvgIpc) is 2.38. The molecule has 1 aliphatic heterocycles. The maximum atomic E-state index is 4.09. The van der Waals surface area contributed by atoms with E-state index in [1.165, 1.54) is 37.9 Å². The highest BCUT2D eigenvalue weighted by Crippen LogP contribution is 2.25. The van der Waals surface area contributed by atoms with Gasteiger partial charge in [0.05, 0.1) is 0 Å². The van der Waals surface area contributed by atoms with Crippen molar-refractivity contribution in [2.24, 2.45) is 0 Å². The number of anilines is 1. The van der Waals surface area contributed by atoms with Crippen molar-refractivity contribution in [2.75, 3.05) is 25.0 Å². The van der Waals surface area contributed by atoms with E-state index in [9.17, 15) is 0 Å². The van der Waals surface area contributed by atoms with Crippen LogP contribution in [0.5, 0.6) is 0 Å². The van der Waals surface area contributed by atoms with Gasteiger partial charge in [-0.2, -0.15) is 0 Å². The summed E-state index contributed by atoms with van der Waals surface area (Å²) in [6.45, 7) is 2.30. The number of piperidine rings is 1. The summed E-state index contributed by atoms with van der Waals surface area (Å²) in [6, 6.07) is 4.94. The molecule has 1 aliphatic rings. The minimum absolute atomic E-state index is 0.698. The predicted molar refractivity (Wildman–Crippen MR) is 67.8 cm³/mol. The number of hydrogen-bond acceptors (Lipinski definition) is 3. The summed E-state index contributed by atoms with van der Waals surface area (Å²) in [5.74, 6) is 0. The number of nitrogens with one attached hydrogen (secondary N) is 1. The second-order valence-electron chi connectivity index (χ2n) is 4.44. The van der Waals surface area contributed by atoms with Crippen molar-refractivity contribution < 1.29 is 0 Å². The Morgan fingerprint density at radius 1 is 1.38 bits per heavy atom. The van der Waals surface area contributed by atoms with Crippen LogP contribution in [0.2, 0.25) is 0 Å². The maximum Gasteiger partial charge on any atom is 0.0399 e. The van der Waals surface area contributed by atoms with Gasteiger partial charge in [-0.05, 0) is 51.4 Å². The lowest BCUT2D eigenvalue weighted by Crippen LogP contribution is -2.41. The molecule has 0 bridgehead atoms. The normalized spacial score (nSPS) is 21.1. The van der Waals surface area contributed by atoms with E-state index in [0.717, 1.165) is 6.54 Å². The Labute approximate surface area is 97.9 Å². The number of aromatic nitrogens is 1. The quantitative estimate of drug-likeness (QED) is 0.840. The number of hydrogen-bond donors (Lipinski definition) is 1. The Hall–Kier alpha value is -1.09. The van der Waals surface area contributed by atoms with Gasteiger partial charge >= 0.3 is 0 Å². The first-order valence-electron chi connectivity index (χ1n) is 6.23. The topological polar surface area (TPSA) is 28.2 Å². The summed E-state index contributed by atoms with van der Waals surface area (Å²) in [5, 5.41) is 3.25. The molecule has 0 spiro atoms. The number of rotatable bonds is 4. The number of nitrogens with zero attached hydrogens (tertiary/aromatic N) is 2. The molecule has 1 aromatic rings. The molecule has 1 atom stereocenters. The second kappa shape index (κ2) is 5.85. The van der Waals surface area contributed by atoms with E-state index < -0.39 is 0 Å². The second-order valence-corrected chi connectivity index (χ2v) is 4.44. The van der Waals surface area contributed by atoms with Crippen molar-refractivity contribution >= 4 is 5.69 Å². The third kappa shape index (κ3) is 2.73. The van der Waals surface area contributed by atoms with E-state index >= 15 is 0 Å². The van der Waals surface area contributed by atoms with E-state index in [-0.39, 0.29) is 0 Å². The fourth-order valence-corrected chi connectivity index (χ4v) is 2.49. The van der Waals surface area contributed by atoms with Crippen molar-refractivity contribution in [1.82, 2.24) is 10.3 Å². The Morgan fingerprint density at radius 2 is 2.19 bits per heavy atom. The third-order valence-corrected chi connectivity index (χ3v) is 3.35. The first-order valence-corrected chi connectivity index (χ1v) is 6.23. The van der Waals surface area contributed by atoms with Crippen LogP contribution in [0.15, 0.2) is 24.5 Å². The minimum Gasteiger partial charge on any atom is -0.368 e. The summed E-state index contributed by atoms with van der Waals surface area (Å²) < 4.78 is 0. The van der Waals surface area contributed by atoms with Gasteiger partial charge in [-0.15, -0.1) is 0 Å². The van der Waals surface area contributed by atoms with Crippen molar-refractivity contribution in [3.05, 3.63) is 24.5 Å². The van der Waals surface area contributed by atoms with Crippen LogP contribution in [0.3, 0.4) is 0 Å². The van der Waals surface area contributed by atoms with Crippen LogP contribution in [0.1, 0.15) is 25.7 Å². The highest BCUT2D eigenvalue weighted by molar-refractivity contribution is 5.46. The molecule has 1 aromatic heterocycles. The standard InChI is InChI=1S/C13H21N3/c1-14-8-5-12-4-2-3-11-16(12)13-6-9-15-10-7-13/h6-7,9-10,12,14H,2-5,8,11H2,1H3. The first-order chi connectivity index (χ1) is 7.92. The van der Waals surface area contributed by atoms with Crippen molar-refractivity contribution in [1.29, 1.82) is 0 Å². The molecule has 0 radical (unpaired) electrons. The largest absolute Gasteiger partial charge is 0.368 e. The highest BCUT2D eigenvalue weighted by atomic mass is 15.2. The molecule has 1 saturated heterocycles. The maximum absolute atomic E-state index is 4.09. The van der Waals surface area contributed by atoms with Crippen LogP contribution in [-0.4, -0.2) is 31.2 Å². The number of pyridine rings is 1. The molecule has 0 aliphatic carbocycles. The van der Waals surface area contributed by atoms with Gasteiger partial charge in [0.15, 0.2) is 0 Å². The zero-order chi connectivity index (χ0) is 11.2. The molecular weight excluding hydrogens is 198 g/mol. The van der Waals surface area contributed by atoms with E-state index in [1.54, 1.807) is 0 Å². The highest BCUT2D eigenvalue weighted by Gasteiger charge is 2.21. The van der Waals surface area contributed by atoms with Gasteiger partial charge in [0, 0.05) is 30.7 Å². The van der Waals surface area contributed by atoms with Gasteiger partial charge in [-0.25, -0.2) is 0 Å². The Balaban J connectivity index is 2.04. The van der Waals surface area contributed by atoms with Crippen molar-refractivity contribution in [3.8, 4) is 0 Å². The molecule has 16 heavy (non-hydrogen) atoms. The molecule has 3 heteroatoms. The zero-order valence-corrected chi connectivity index (χ0v) is 10.0. The van der Waals surface area contributed by atoms with Crippen LogP contribution in [0.4, 0.5) is 5.69 Å². The first kappa shape index (κ1) is 11.4. The van der Waals surface area contributed by atoms with E-state index in [4.69, 9.17) is 0 Å². The van der Waals surface area contributed by atoms with E-state index in [2.05, 4.69) is 27.3 Å². The third-order valence-electron chi connectivity index (χ3n) is 3.35. The van der Waals surface area contributed by atoms with Gasteiger partial charge < -0.3 is 10.2 Å². The Morgan fingerprint density at radius 3 is 2.94 bits per heavy atom. The molecule has 0 amide bonds. The summed E-state index contributed by atoms with van der Waals surface area (Å²) in [5.41, 5.74) is 1.33. The van der Waals surface area contributed by atoms with Crippen LogP contribution < -0.4 is 10.2 Å². The molecule has 2 heterocycles. The lowest BCUT2D eigenvalue weighted by Gasteiger charge is -2.37. The van der Waals surface area contributed by atoms with E-state index in [0.29, 0.717) is 6.04 Å². The lowest BCUT2D eigenvalue weighted by molar-refractivity contribution is 0.433. The van der Waals surface area contributed by atoms with Crippen molar-refractivity contribution in [3.63, 3.8) is 0 Å². The molecule has 1 unspecified atom stereocenters. The monoisotopic (exact) mass is 219 g/mol. The molecule has 1 N–H and O–H groups in total. The SMILES string of the molecule is CNCCC1CCCCN1c1ccncc1. The summed E-state index contributed by atoms with van der Waals surface area (Å²) in [4.78, 5) is 6.63. The smallest absolute Gasteiger partial charge is 0.0399 e.